The molecule has 2 aromatic rings. The van der Waals surface area contributed by atoms with E-state index in [4.69, 9.17) is 0 Å². The van der Waals surface area contributed by atoms with Crippen molar-refractivity contribution < 1.29 is 5.11 Å². The molecule has 1 N–H and O–H groups in total. The molecule has 0 heterocycles. The van der Waals surface area contributed by atoms with Crippen LogP contribution in [0.4, 0.5) is 0 Å². The molecule has 94 valence electrons. The van der Waals surface area contributed by atoms with E-state index in [1.807, 2.05) is 18.2 Å². The van der Waals surface area contributed by atoms with Gasteiger partial charge in [0.25, 0.3) is 0 Å². The molecule has 0 bridgehead atoms. The van der Waals surface area contributed by atoms with Gasteiger partial charge in [0.15, 0.2) is 0 Å². The molecule has 1 nitrogen and oxygen atoms in total. The van der Waals surface area contributed by atoms with Crippen molar-refractivity contribution in [1.29, 1.82) is 0 Å². The van der Waals surface area contributed by atoms with Crippen molar-refractivity contribution in [3.8, 4) is 0 Å². The first-order chi connectivity index (χ1) is 8.58. The van der Waals surface area contributed by atoms with E-state index >= 15 is 0 Å². The number of aryl methyl sites for hydroxylation is 3. The van der Waals surface area contributed by atoms with Crippen molar-refractivity contribution in [1.82, 2.24) is 0 Å². The zero-order valence-electron chi connectivity index (χ0n) is 11.3. The van der Waals surface area contributed by atoms with Crippen LogP contribution in [0.2, 0.25) is 0 Å². The lowest BCUT2D eigenvalue weighted by Gasteiger charge is -2.16. The molecule has 1 atom stereocenters. The predicted octanol–water partition coefficient (Wildman–Crippen LogP) is 3.89. The Kier molecular flexibility index (Phi) is 3.83. The van der Waals surface area contributed by atoms with Crippen LogP contribution in [0.5, 0.6) is 0 Å². The molecule has 0 aliphatic carbocycles. The van der Waals surface area contributed by atoms with Crippen molar-refractivity contribution in [2.24, 2.45) is 0 Å². The van der Waals surface area contributed by atoms with Crippen LogP contribution in [0.25, 0.3) is 0 Å². The maximum absolute atomic E-state index is 10.4. The van der Waals surface area contributed by atoms with Gasteiger partial charge in [0.05, 0.1) is 6.10 Å². The van der Waals surface area contributed by atoms with Crippen LogP contribution in [0.3, 0.4) is 0 Å². The Morgan fingerprint density at radius 2 is 1.50 bits per heavy atom. The number of aliphatic hydroxyl groups is 1. The van der Waals surface area contributed by atoms with E-state index in [0.717, 1.165) is 5.56 Å². The first-order valence-electron chi connectivity index (χ1n) is 6.37. The summed E-state index contributed by atoms with van der Waals surface area (Å²) < 4.78 is 0. The van der Waals surface area contributed by atoms with Crippen LogP contribution in [0, 0.1) is 20.8 Å². The van der Waals surface area contributed by atoms with E-state index in [1.165, 1.54) is 22.3 Å². The first kappa shape index (κ1) is 12.8. The SMILES string of the molecule is Cc1cc(C)c(C(O)Cc2ccccc2)cc1C. The van der Waals surface area contributed by atoms with Gasteiger partial charge in [-0.3, -0.25) is 0 Å². The van der Waals surface area contributed by atoms with Gasteiger partial charge >= 0.3 is 0 Å². The minimum atomic E-state index is -0.424. The van der Waals surface area contributed by atoms with E-state index in [0.29, 0.717) is 6.42 Å². The highest BCUT2D eigenvalue weighted by Crippen LogP contribution is 2.24. The maximum atomic E-state index is 10.4. The molecule has 0 saturated heterocycles. The van der Waals surface area contributed by atoms with Gasteiger partial charge in [-0.1, -0.05) is 42.5 Å². The third-order valence-corrected chi connectivity index (χ3v) is 3.51. The molecule has 0 fully saturated rings. The Bertz CT molecular complexity index is 529. The van der Waals surface area contributed by atoms with Crippen LogP contribution in [0.15, 0.2) is 42.5 Å². The van der Waals surface area contributed by atoms with Crippen LogP contribution in [-0.2, 0) is 6.42 Å². The molecule has 0 radical (unpaired) electrons. The molecule has 0 aliphatic rings. The molecular formula is C17H20O. The van der Waals surface area contributed by atoms with Crippen LogP contribution < -0.4 is 0 Å². The number of hydrogen-bond donors (Lipinski definition) is 1. The van der Waals surface area contributed by atoms with Crippen LogP contribution in [-0.4, -0.2) is 5.11 Å². The zero-order chi connectivity index (χ0) is 13.1. The highest BCUT2D eigenvalue weighted by molar-refractivity contribution is 5.38. The average Bonchev–Trinajstić information content (AvgIpc) is 2.35. The fraction of sp³-hybridized carbons (Fsp3) is 0.294. The molecule has 0 aliphatic heterocycles. The Morgan fingerprint density at radius 3 is 2.17 bits per heavy atom. The van der Waals surface area contributed by atoms with Crippen LogP contribution in [0.1, 0.15) is 33.9 Å². The Morgan fingerprint density at radius 1 is 0.889 bits per heavy atom. The number of hydrogen-bond acceptors (Lipinski definition) is 1. The number of benzene rings is 2. The third-order valence-electron chi connectivity index (χ3n) is 3.51. The van der Waals surface area contributed by atoms with E-state index < -0.39 is 6.10 Å². The molecule has 2 rings (SSSR count). The maximum Gasteiger partial charge on any atom is 0.0833 e. The van der Waals surface area contributed by atoms with E-state index in [1.54, 1.807) is 0 Å². The largest absolute Gasteiger partial charge is 0.388 e. The van der Waals surface area contributed by atoms with Crippen LogP contribution >= 0.6 is 0 Å². The molecule has 0 amide bonds. The normalized spacial score (nSPS) is 12.4. The van der Waals surface area contributed by atoms with E-state index in [9.17, 15) is 5.11 Å². The van der Waals surface area contributed by atoms with E-state index in [-0.39, 0.29) is 0 Å². The molecule has 18 heavy (non-hydrogen) atoms. The summed E-state index contributed by atoms with van der Waals surface area (Å²) in [5, 5.41) is 10.4. The van der Waals surface area contributed by atoms with Crippen molar-refractivity contribution in [2.45, 2.75) is 33.3 Å². The second kappa shape index (κ2) is 5.36. The Balaban J connectivity index is 2.24. The van der Waals surface area contributed by atoms with Crippen molar-refractivity contribution >= 4 is 0 Å². The Hall–Kier alpha value is -1.60. The summed E-state index contributed by atoms with van der Waals surface area (Å²) in [6.07, 6.45) is 0.246. The number of aliphatic hydroxyl groups excluding tert-OH is 1. The van der Waals surface area contributed by atoms with Crippen molar-refractivity contribution in [3.05, 3.63) is 70.3 Å². The molecule has 0 spiro atoms. The first-order valence-corrected chi connectivity index (χ1v) is 6.37. The minimum absolute atomic E-state index is 0.424. The van der Waals surface area contributed by atoms with Gasteiger partial charge in [0.2, 0.25) is 0 Å². The molecule has 1 unspecified atom stereocenters. The monoisotopic (exact) mass is 240 g/mol. The van der Waals surface area contributed by atoms with Gasteiger partial charge in [-0.05, 0) is 48.6 Å². The Labute approximate surface area is 109 Å². The van der Waals surface area contributed by atoms with Gasteiger partial charge in [-0.15, -0.1) is 0 Å². The van der Waals surface area contributed by atoms with Crippen molar-refractivity contribution in [3.63, 3.8) is 0 Å². The summed E-state index contributed by atoms with van der Waals surface area (Å²) >= 11 is 0. The zero-order valence-corrected chi connectivity index (χ0v) is 11.3. The second-order valence-corrected chi connectivity index (χ2v) is 5.00. The standard InChI is InChI=1S/C17H20O/c1-12-9-14(3)16(10-13(12)2)17(18)11-15-7-5-4-6-8-15/h4-10,17-18H,11H2,1-3H3. The summed E-state index contributed by atoms with van der Waals surface area (Å²) in [4.78, 5) is 0. The second-order valence-electron chi connectivity index (χ2n) is 5.00. The minimum Gasteiger partial charge on any atom is -0.388 e. The smallest absolute Gasteiger partial charge is 0.0833 e. The summed E-state index contributed by atoms with van der Waals surface area (Å²) in [7, 11) is 0. The lowest BCUT2D eigenvalue weighted by atomic mass is 9.94. The lowest BCUT2D eigenvalue weighted by Crippen LogP contribution is -2.05. The number of rotatable bonds is 3. The van der Waals surface area contributed by atoms with Gasteiger partial charge in [-0.2, -0.15) is 0 Å². The highest BCUT2D eigenvalue weighted by atomic mass is 16.3. The fourth-order valence-corrected chi connectivity index (χ4v) is 2.29. The van der Waals surface area contributed by atoms with Gasteiger partial charge in [0, 0.05) is 6.42 Å². The summed E-state index contributed by atoms with van der Waals surface area (Å²) in [6.45, 7) is 6.26. The lowest BCUT2D eigenvalue weighted by molar-refractivity contribution is 0.177. The third kappa shape index (κ3) is 2.80. The molecular weight excluding hydrogens is 220 g/mol. The predicted molar refractivity (Wildman–Crippen MR) is 75.8 cm³/mol. The average molecular weight is 240 g/mol. The highest BCUT2D eigenvalue weighted by Gasteiger charge is 2.12. The topological polar surface area (TPSA) is 20.2 Å². The molecule has 0 aromatic heterocycles. The van der Waals surface area contributed by atoms with E-state index in [2.05, 4.69) is 45.0 Å². The quantitative estimate of drug-likeness (QED) is 0.863. The molecule has 2 aromatic carbocycles. The molecule has 0 saturated carbocycles. The fourth-order valence-electron chi connectivity index (χ4n) is 2.29. The van der Waals surface area contributed by atoms with Gasteiger partial charge in [0.1, 0.15) is 0 Å². The molecule has 1 heteroatoms. The van der Waals surface area contributed by atoms with Gasteiger partial charge < -0.3 is 5.11 Å². The summed E-state index contributed by atoms with van der Waals surface area (Å²) in [6, 6.07) is 14.4. The van der Waals surface area contributed by atoms with Gasteiger partial charge in [-0.25, -0.2) is 0 Å². The van der Waals surface area contributed by atoms with Crippen molar-refractivity contribution in [2.75, 3.05) is 0 Å². The summed E-state index contributed by atoms with van der Waals surface area (Å²) in [5.74, 6) is 0. The summed E-state index contributed by atoms with van der Waals surface area (Å²) in [5.41, 5.74) is 5.90.